The van der Waals surface area contributed by atoms with Gasteiger partial charge in [0.15, 0.2) is 0 Å². The largest absolute Gasteiger partial charge is 0.402 e. The summed E-state index contributed by atoms with van der Waals surface area (Å²) < 4.78 is 0. The van der Waals surface area contributed by atoms with E-state index in [2.05, 4.69) is 55.7 Å². The van der Waals surface area contributed by atoms with Crippen molar-refractivity contribution in [3.8, 4) is 11.1 Å². The van der Waals surface area contributed by atoms with Gasteiger partial charge in [-0.3, -0.25) is 9.98 Å². The number of aryl methyl sites for hydroxylation is 1. The van der Waals surface area contributed by atoms with Crippen molar-refractivity contribution in [2.45, 2.75) is 26.7 Å². The van der Waals surface area contributed by atoms with Gasteiger partial charge in [-0.2, -0.15) is 0 Å². The molecule has 0 radical (unpaired) electrons. The zero-order valence-electron chi connectivity index (χ0n) is 14.5. The lowest BCUT2D eigenvalue weighted by Gasteiger charge is -2.15. The fourth-order valence-corrected chi connectivity index (χ4v) is 3.30. The van der Waals surface area contributed by atoms with Gasteiger partial charge < -0.3 is 5.73 Å². The van der Waals surface area contributed by atoms with E-state index in [9.17, 15) is 0 Å². The molecule has 1 aromatic heterocycles. The Kier molecular flexibility index (Phi) is 4.79. The molecule has 3 heteroatoms. The molecular weight excluding hydrogens is 294 g/mol. The summed E-state index contributed by atoms with van der Waals surface area (Å²) >= 11 is 0. The van der Waals surface area contributed by atoms with Gasteiger partial charge >= 0.3 is 0 Å². The van der Waals surface area contributed by atoms with Crippen molar-refractivity contribution in [2.75, 3.05) is 6.54 Å². The van der Waals surface area contributed by atoms with Crippen LogP contribution in [0.1, 0.15) is 30.9 Å². The lowest BCUT2D eigenvalue weighted by atomic mass is 9.90. The normalized spacial score (nSPS) is 18.2. The van der Waals surface area contributed by atoms with Crippen molar-refractivity contribution < 1.29 is 0 Å². The second-order valence-electron chi connectivity index (χ2n) is 6.84. The zero-order valence-corrected chi connectivity index (χ0v) is 14.5. The fourth-order valence-electron chi connectivity index (χ4n) is 3.30. The molecule has 124 valence electrons. The van der Waals surface area contributed by atoms with Crippen molar-refractivity contribution >= 4 is 5.71 Å². The summed E-state index contributed by atoms with van der Waals surface area (Å²) in [5.74, 6) is 0.944. The van der Waals surface area contributed by atoms with Gasteiger partial charge in [0.05, 0.1) is 0 Å². The molecule has 1 aliphatic heterocycles. The van der Waals surface area contributed by atoms with Gasteiger partial charge in [0.25, 0.3) is 0 Å². The highest BCUT2D eigenvalue weighted by Crippen LogP contribution is 2.28. The molecule has 0 spiro atoms. The van der Waals surface area contributed by atoms with Crippen LogP contribution >= 0.6 is 0 Å². The Morgan fingerprint density at radius 2 is 1.96 bits per heavy atom. The third-order valence-corrected chi connectivity index (χ3v) is 4.89. The molecule has 0 amide bonds. The second kappa shape index (κ2) is 7.00. The molecule has 3 rings (SSSR count). The first-order chi connectivity index (χ1) is 11.5. The maximum atomic E-state index is 5.81. The maximum absolute atomic E-state index is 5.81. The highest BCUT2D eigenvalue weighted by molar-refractivity contribution is 6.02. The zero-order chi connectivity index (χ0) is 17.1. The van der Waals surface area contributed by atoms with Crippen molar-refractivity contribution in [1.82, 2.24) is 4.98 Å². The van der Waals surface area contributed by atoms with E-state index in [0.29, 0.717) is 11.8 Å². The molecular formula is C21H25N3. The van der Waals surface area contributed by atoms with E-state index in [-0.39, 0.29) is 0 Å². The number of benzene rings is 1. The molecule has 0 bridgehead atoms. The predicted molar refractivity (Wildman–Crippen MR) is 101 cm³/mol. The Morgan fingerprint density at radius 3 is 2.62 bits per heavy atom. The van der Waals surface area contributed by atoms with Crippen LogP contribution in [0.4, 0.5) is 0 Å². The van der Waals surface area contributed by atoms with E-state index in [4.69, 9.17) is 10.7 Å². The molecule has 1 aromatic carbocycles. The molecule has 0 aliphatic carbocycles. The maximum Gasteiger partial charge on any atom is 0.0425 e. The molecule has 2 aromatic rings. The first-order valence-electron chi connectivity index (χ1n) is 8.53. The highest BCUT2D eigenvalue weighted by atomic mass is 14.8. The van der Waals surface area contributed by atoms with E-state index in [0.717, 1.165) is 25.1 Å². The van der Waals surface area contributed by atoms with Gasteiger partial charge in [-0.25, -0.2) is 0 Å². The van der Waals surface area contributed by atoms with Crippen LogP contribution in [0.5, 0.6) is 0 Å². The minimum absolute atomic E-state index is 0.363. The number of nitrogens with two attached hydrogens (primary N) is 1. The molecule has 3 nitrogen and oxygen atoms in total. The third-order valence-electron chi connectivity index (χ3n) is 4.89. The molecule has 2 unspecified atom stereocenters. The molecule has 0 fully saturated rings. The summed E-state index contributed by atoms with van der Waals surface area (Å²) in [6.45, 7) is 8.99. The smallest absolute Gasteiger partial charge is 0.0425 e. The van der Waals surface area contributed by atoms with E-state index in [1.807, 2.05) is 12.4 Å². The van der Waals surface area contributed by atoms with Crippen LogP contribution in [0, 0.1) is 18.8 Å². The van der Waals surface area contributed by atoms with E-state index >= 15 is 0 Å². The quantitative estimate of drug-likeness (QED) is 0.890. The molecule has 0 saturated heterocycles. The van der Waals surface area contributed by atoms with Crippen LogP contribution in [-0.4, -0.2) is 17.2 Å². The Labute approximate surface area is 144 Å². The molecule has 2 atom stereocenters. The number of allylic oxidation sites excluding steroid dienone is 1. The Morgan fingerprint density at radius 1 is 1.25 bits per heavy atom. The van der Waals surface area contributed by atoms with Crippen molar-refractivity contribution in [3.05, 3.63) is 66.1 Å². The molecule has 0 saturated carbocycles. The summed E-state index contributed by atoms with van der Waals surface area (Å²) in [6, 6.07) is 10.8. The van der Waals surface area contributed by atoms with Gasteiger partial charge in [-0.05, 0) is 59.9 Å². The molecule has 2 heterocycles. The average molecular weight is 319 g/mol. The number of rotatable bonds is 5. The number of pyridine rings is 1. The summed E-state index contributed by atoms with van der Waals surface area (Å²) in [5, 5.41) is 0. The van der Waals surface area contributed by atoms with Crippen LogP contribution in [0.15, 0.2) is 60.0 Å². The topological polar surface area (TPSA) is 51.3 Å². The van der Waals surface area contributed by atoms with Gasteiger partial charge in [0.2, 0.25) is 0 Å². The van der Waals surface area contributed by atoms with Gasteiger partial charge in [-0.1, -0.05) is 37.8 Å². The Bertz CT molecular complexity index is 759. The summed E-state index contributed by atoms with van der Waals surface area (Å²) in [6.07, 6.45) is 5.84. The number of hydrogen-bond donors (Lipinski definition) is 1. The van der Waals surface area contributed by atoms with Crippen LogP contribution < -0.4 is 5.73 Å². The van der Waals surface area contributed by atoms with Crippen molar-refractivity contribution in [1.29, 1.82) is 0 Å². The average Bonchev–Trinajstić information content (AvgIpc) is 3.04. The van der Waals surface area contributed by atoms with Gasteiger partial charge in [0, 0.05) is 30.3 Å². The number of hydrogen-bond acceptors (Lipinski definition) is 3. The van der Waals surface area contributed by atoms with Crippen LogP contribution in [-0.2, 0) is 0 Å². The van der Waals surface area contributed by atoms with Crippen molar-refractivity contribution in [3.63, 3.8) is 0 Å². The second-order valence-corrected chi connectivity index (χ2v) is 6.84. The Hall–Kier alpha value is -2.42. The SMILES string of the molecule is C=C(N)C(C)CC1CN=C(c2ccc(-c3ccncc3C)cc2)C1. The van der Waals surface area contributed by atoms with Crippen LogP contribution in [0.2, 0.25) is 0 Å². The molecule has 24 heavy (non-hydrogen) atoms. The highest BCUT2D eigenvalue weighted by Gasteiger charge is 2.22. The number of aliphatic imine (C=N–C) groups is 1. The van der Waals surface area contributed by atoms with Crippen LogP contribution in [0.3, 0.4) is 0 Å². The minimum Gasteiger partial charge on any atom is -0.402 e. The number of aromatic nitrogens is 1. The molecule has 2 N–H and O–H groups in total. The van der Waals surface area contributed by atoms with E-state index in [1.165, 1.54) is 28.0 Å². The standard InChI is InChI=1S/C21H25N3/c1-14(16(3)22)10-17-11-21(24-13-17)19-6-4-18(5-7-19)20-8-9-23-12-15(20)2/h4-9,12,14,17H,3,10-11,13,22H2,1-2H3. The molecule has 1 aliphatic rings. The lowest BCUT2D eigenvalue weighted by molar-refractivity contribution is 0.457. The first-order valence-corrected chi connectivity index (χ1v) is 8.53. The predicted octanol–water partition coefficient (Wildman–Crippen LogP) is 4.36. The Balaban J connectivity index is 1.69. The van der Waals surface area contributed by atoms with Gasteiger partial charge in [-0.15, -0.1) is 0 Å². The minimum atomic E-state index is 0.363. The van der Waals surface area contributed by atoms with Gasteiger partial charge in [0.1, 0.15) is 0 Å². The number of nitrogens with zero attached hydrogens (tertiary/aromatic N) is 2. The van der Waals surface area contributed by atoms with Crippen molar-refractivity contribution in [2.24, 2.45) is 22.6 Å². The lowest BCUT2D eigenvalue weighted by Crippen LogP contribution is -2.13. The van der Waals surface area contributed by atoms with E-state index < -0.39 is 0 Å². The van der Waals surface area contributed by atoms with Crippen LogP contribution in [0.25, 0.3) is 11.1 Å². The summed E-state index contributed by atoms with van der Waals surface area (Å²) in [7, 11) is 0. The van der Waals surface area contributed by atoms with E-state index in [1.54, 1.807) is 0 Å². The monoisotopic (exact) mass is 319 g/mol. The fraction of sp³-hybridized carbons (Fsp3) is 0.333. The third kappa shape index (κ3) is 3.56. The summed E-state index contributed by atoms with van der Waals surface area (Å²) in [4.78, 5) is 8.92. The first kappa shape index (κ1) is 16.4. The summed E-state index contributed by atoms with van der Waals surface area (Å²) in [5.41, 5.74) is 12.7.